The molecule has 0 radical (unpaired) electrons. The second-order valence-electron chi connectivity index (χ2n) is 6.23. The van der Waals surface area contributed by atoms with E-state index in [4.69, 9.17) is 0 Å². The second kappa shape index (κ2) is 8.03. The third-order valence-electron chi connectivity index (χ3n) is 4.17. The number of hydrogen-bond donors (Lipinski definition) is 1. The lowest BCUT2D eigenvalue weighted by Crippen LogP contribution is -2.04. The van der Waals surface area contributed by atoms with Crippen molar-refractivity contribution in [2.24, 2.45) is 0 Å². The third kappa shape index (κ3) is 4.52. The van der Waals surface area contributed by atoms with E-state index in [-0.39, 0.29) is 5.69 Å². The molecular formula is C19H20F3N3S. The summed E-state index contributed by atoms with van der Waals surface area (Å²) in [4.78, 5) is 5.39. The van der Waals surface area contributed by atoms with Gasteiger partial charge < -0.3 is 0 Å². The number of rotatable bonds is 7. The molecule has 1 N–H and O–H groups in total. The van der Waals surface area contributed by atoms with E-state index in [0.717, 1.165) is 22.9 Å². The van der Waals surface area contributed by atoms with Gasteiger partial charge in [-0.2, -0.15) is 18.3 Å². The number of hydrogen-bond acceptors (Lipinski definition) is 3. The Hall–Kier alpha value is -2.15. The minimum Gasteiger partial charge on any atom is -0.273 e. The van der Waals surface area contributed by atoms with Gasteiger partial charge in [-0.1, -0.05) is 26.2 Å². The van der Waals surface area contributed by atoms with Gasteiger partial charge in [-0.05, 0) is 48.1 Å². The van der Waals surface area contributed by atoms with Crippen LogP contribution in [-0.4, -0.2) is 15.2 Å². The normalized spacial score (nSPS) is 11.8. The fourth-order valence-corrected chi connectivity index (χ4v) is 3.64. The first kappa shape index (κ1) is 18.6. The Labute approximate surface area is 154 Å². The van der Waals surface area contributed by atoms with Crippen LogP contribution in [-0.2, 0) is 12.6 Å². The van der Waals surface area contributed by atoms with Crippen molar-refractivity contribution in [2.45, 2.75) is 45.2 Å². The summed E-state index contributed by atoms with van der Waals surface area (Å²) in [7, 11) is 0. The number of nitrogens with one attached hydrogen (secondary N) is 1. The highest BCUT2D eigenvalue weighted by atomic mass is 32.1. The van der Waals surface area contributed by atoms with E-state index < -0.39 is 11.9 Å². The average molecular weight is 379 g/mol. The zero-order valence-corrected chi connectivity index (χ0v) is 15.3. The monoisotopic (exact) mass is 379 g/mol. The molecule has 26 heavy (non-hydrogen) atoms. The van der Waals surface area contributed by atoms with Crippen LogP contribution >= 0.6 is 11.3 Å². The van der Waals surface area contributed by atoms with E-state index in [1.165, 1.54) is 31.2 Å². The van der Waals surface area contributed by atoms with Crippen LogP contribution in [0.1, 0.15) is 43.9 Å². The Morgan fingerprint density at radius 1 is 1.08 bits per heavy atom. The van der Waals surface area contributed by atoms with Gasteiger partial charge in [-0.3, -0.25) is 10.1 Å². The SMILES string of the molecule is CCCCCCc1csc(-c2ccc(-c3cc(C(F)(F)F)[nH]n3)nc2)c1. The smallest absolute Gasteiger partial charge is 0.273 e. The average Bonchev–Trinajstić information content (AvgIpc) is 3.28. The van der Waals surface area contributed by atoms with Gasteiger partial charge >= 0.3 is 6.18 Å². The van der Waals surface area contributed by atoms with Gasteiger partial charge in [-0.25, -0.2) is 0 Å². The lowest BCUT2D eigenvalue weighted by atomic mass is 10.1. The lowest BCUT2D eigenvalue weighted by Gasteiger charge is -2.00. The standard InChI is InChI=1S/C19H20F3N3S/c1-2-3-4-5-6-13-9-17(26-12-13)14-7-8-15(23-11-14)16-10-18(25-24-16)19(20,21)22/h7-12H,2-6H2,1H3,(H,24,25). The number of thiophene rings is 1. The van der Waals surface area contributed by atoms with E-state index in [1.54, 1.807) is 23.6 Å². The van der Waals surface area contributed by atoms with Crippen LogP contribution in [0.2, 0.25) is 0 Å². The molecular weight excluding hydrogens is 359 g/mol. The quantitative estimate of drug-likeness (QED) is 0.487. The largest absolute Gasteiger partial charge is 0.432 e. The van der Waals surface area contributed by atoms with Crippen LogP contribution in [0.4, 0.5) is 13.2 Å². The second-order valence-corrected chi connectivity index (χ2v) is 7.14. The van der Waals surface area contributed by atoms with Gasteiger partial charge in [0.25, 0.3) is 0 Å². The molecule has 0 aliphatic rings. The molecule has 3 nitrogen and oxygen atoms in total. The Morgan fingerprint density at radius 2 is 1.92 bits per heavy atom. The molecule has 138 valence electrons. The van der Waals surface area contributed by atoms with E-state index in [2.05, 4.69) is 28.5 Å². The molecule has 0 aliphatic heterocycles. The highest BCUT2D eigenvalue weighted by Gasteiger charge is 2.33. The van der Waals surface area contributed by atoms with Crippen LogP contribution in [0.15, 0.2) is 35.8 Å². The molecule has 0 saturated carbocycles. The minimum absolute atomic E-state index is 0.187. The Morgan fingerprint density at radius 3 is 2.58 bits per heavy atom. The summed E-state index contributed by atoms with van der Waals surface area (Å²) < 4.78 is 37.9. The molecule has 0 aliphatic carbocycles. The molecule has 3 heterocycles. The summed E-state index contributed by atoms with van der Waals surface area (Å²) in [6.07, 6.45) is 3.28. The number of unbranched alkanes of at least 4 members (excludes halogenated alkanes) is 3. The topological polar surface area (TPSA) is 41.6 Å². The maximum absolute atomic E-state index is 12.6. The molecule has 0 unspecified atom stereocenters. The van der Waals surface area contributed by atoms with Gasteiger partial charge in [0.05, 0.1) is 5.69 Å². The van der Waals surface area contributed by atoms with Crippen LogP contribution in [0.5, 0.6) is 0 Å². The molecule has 7 heteroatoms. The molecule has 0 amide bonds. The van der Waals surface area contributed by atoms with E-state index in [9.17, 15) is 13.2 Å². The maximum Gasteiger partial charge on any atom is 0.432 e. The Kier molecular flexibility index (Phi) is 5.76. The van der Waals surface area contributed by atoms with Gasteiger partial charge in [0.1, 0.15) is 11.4 Å². The van der Waals surface area contributed by atoms with Gasteiger partial charge in [-0.15, -0.1) is 11.3 Å². The number of halogens is 3. The number of alkyl halides is 3. The van der Waals surface area contributed by atoms with E-state index in [1.807, 2.05) is 11.2 Å². The van der Waals surface area contributed by atoms with Crippen molar-refractivity contribution in [1.29, 1.82) is 0 Å². The van der Waals surface area contributed by atoms with Crippen molar-refractivity contribution < 1.29 is 13.2 Å². The molecule has 0 saturated heterocycles. The van der Waals surface area contributed by atoms with Crippen molar-refractivity contribution in [3.05, 3.63) is 47.1 Å². The van der Waals surface area contributed by atoms with Crippen LogP contribution in [0.25, 0.3) is 21.8 Å². The van der Waals surface area contributed by atoms with Gasteiger partial charge in [0.15, 0.2) is 0 Å². The first-order valence-corrected chi connectivity index (χ1v) is 9.52. The summed E-state index contributed by atoms with van der Waals surface area (Å²) >= 11 is 1.67. The van der Waals surface area contributed by atoms with Crippen molar-refractivity contribution in [2.75, 3.05) is 0 Å². The van der Waals surface area contributed by atoms with Crippen LogP contribution in [0.3, 0.4) is 0 Å². The fourth-order valence-electron chi connectivity index (χ4n) is 2.70. The number of aryl methyl sites for hydroxylation is 1. The maximum atomic E-state index is 12.6. The van der Waals surface area contributed by atoms with Crippen molar-refractivity contribution in [3.8, 4) is 21.8 Å². The highest BCUT2D eigenvalue weighted by molar-refractivity contribution is 7.13. The van der Waals surface area contributed by atoms with E-state index in [0.29, 0.717) is 5.69 Å². The highest BCUT2D eigenvalue weighted by Crippen LogP contribution is 2.31. The van der Waals surface area contributed by atoms with Gasteiger partial charge in [0.2, 0.25) is 0 Å². The minimum atomic E-state index is -4.43. The molecule has 0 spiro atoms. The summed E-state index contributed by atoms with van der Waals surface area (Å²) in [5.41, 5.74) is 2.02. The molecule has 0 aromatic carbocycles. The fraction of sp³-hybridized carbons (Fsp3) is 0.368. The molecule has 0 bridgehead atoms. The van der Waals surface area contributed by atoms with Crippen LogP contribution in [0, 0.1) is 0 Å². The molecule has 3 aromatic rings. The predicted molar refractivity (Wildman–Crippen MR) is 98.0 cm³/mol. The summed E-state index contributed by atoms with van der Waals surface area (Å²) in [6, 6.07) is 6.72. The number of aromatic nitrogens is 3. The number of pyridine rings is 1. The predicted octanol–water partition coefficient (Wildman–Crippen LogP) is 6.34. The lowest BCUT2D eigenvalue weighted by molar-refractivity contribution is -0.141. The van der Waals surface area contributed by atoms with Crippen molar-refractivity contribution >= 4 is 11.3 Å². The summed E-state index contributed by atoms with van der Waals surface area (Å²) in [6.45, 7) is 2.20. The summed E-state index contributed by atoms with van der Waals surface area (Å²) in [5.74, 6) is 0. The Balaban J connectivity index is 1.68. The van der Waals surface area contributed by atoms with E-state index >= 15 is 0 Å². The molecule has 0 fully saturated rings. The Bertz CT molecular complexity index is 834. The number of nitrogens with zero attached hydrogens (tertiary/aromatic N) is 2. The zero-order valence-electron chi connectivity index (χ0n) is 14.4. The molecule has 3 aromatic heterocycles. The van der Waals surface area contributed by atoms with Crippen LogP contribution < -0.4 is 0 Å². The molecule has 3 rings (SSSR count). The van der Waals surface area contributed by atoms with Crippen molar-refractivity contribution in [1.82, 2.24) is 15.2 Å². The number of aromatic amines is 1. The first-order valence-electron chi connectivity index (χ1n) is 8.64. The third-order valence-corrected chi connectivity index (χ3v) is 5.19. The molecule has 0 atom stereocenters. The summed E-state index contributed by atoms with van der Waals surface area (Å²) in [5, 5.41) is 7.88. The first-order chi connectivity index (χ1) is 12.5. The van der Waals surface area contributed by atoms with Gasteiger partial charge in [0, 0.05) is 16.6 Å². The number of H-pyrrole nitrogens is 1. The van der Waals surface area contributed by atoms with Crippen molar-refractivity contribution in [3.63, 3.8) is 0 Å². The zero-order chi connectivity index (χ0) is 18.6.